The van der Waals surface area contributed by atoms with Crippen LogP contribution >= 0.6 is 11.6 Å². The standard InChI is InChI=1S/C15H24ClN3/c1-10(2)15-17-8-14(13(7-16)18-15)19-9-11(3)5-6-12(19)4/h8,10-12H,5-7,9H2,1-4H3. The Morgan fingerprint density at radius 2 is 2.11 bits per heavy atom. The number of anilines is 1. The molecule has 1 saturated heterocycles. The Labute approximate surface area is 121 Å². The monoisotopic (exact) mass is 281 g/mol. The highest BCUT2D eigenvalue weighted by Gasteiger charge is 2.25. The van der Waals surface area contributed by atoms with Gasteiger partial charge in [0.05, 0.1) is 23.5 Å². The van der Waals surface area contributed by atoms with Crippen LogP contribution in [0.1, 0.15) is 58.0 Å². The number of piperidine rings is 1. The van der Waals surface area contributed by atoms with Crippen LogP contribution in [0, 0.1) is 5.92 Å². The maximum Gasteiger partial charge on any atom is 0.131 e. The van der Waals surface area contributed by atoms with Crippen molar-refractivity contribution in [1.82, 2.24) is 9.97 Å². The van der Waals surface area contributed by atoms with Crippen LogP contribution in [0.25, 0.3) is 0 Å². The van der Waals surface area contributed by atoms with Gasteiger partial charge in [-0.05, 0) is 25.7 Å². The van der Waals surface area contributed by atoms with Crippen molar-refractivity contribution in [3.05, 3.63) is 17.7 Å². The van der Waals surface area contributed by atoms with Crippen LogP contribution in [0.4, 0.5) is 5.69 Å². The SMILES string of the molecule is CC1CCC(C)N(c2cnc(C(C)C)nc2CCl)C1. The predicted octanol–water partition coefficient (Wildman–Crippen LogP) is 3.96. The summed E-state index contributed by atoms with van der Waals surface area (Å²) in [6.07, 6.45) is 4.50. The molecule has 0 bridgehead atoms. The van der Waals surface area contributed by atoms with E-state index in [2.05, 4.69) is 42.6 Å². The van der Waals surface area contributed by atoms with E-state index in [1.807, 2.05) is 6.20 Å². The van der Waals surface area contributed by atoms with Crippen LogP contribution in [-0.4, -0.2) is 22.6 Å². The molecule has 4 heteroatoms. The summed E-state index contributed by atoms with van der Waals surface area (Å²) in [5.41, 5.74) is 2.10. The summed E-state index contributed by atoms with van der Waals surface area (Å²) in [6, 6.07) is 0.548. The van der Waals surface area contributed by atoms with Gasteiger partial charge in [0.15, 0.2) is 0 Å². The number of hydrogen-bond acceptors (Lipinski definition) is 3. The van der Waals surface area contributed by atoms with E-state index in [1.165, 1.54) is 12.8 Å². The average Bonchev–Trinajstić information content (AvgIpc) is 2.40. The molecular formula is C15H24ClN3. The highest BCUT2D eigenvalue weighted by Crippen LogP contribution is 2.30. The Hall–Kier alpha value is -0.830. The zero-order valence-corrected chi connectivity index (χ0v) is 13.1. The normalized spacial score (nSPS) is 24.0. The van der Waals surface area contributed by atoms with E-state index in [-0.39, 0.29) is 0 Å². The van der Waals surface area contributed by atoms with E-state index in [0.29, 0.717) is 17.8 Å². The lowest BCUT2D eigenvalue weighted by Gasteiger charge is -2.39. The van der Waals surface area contributed by atoms with Crippen molar-refractivity contribution in [3.8, 4) is 0 Å². The van der Waals surface area contributed by atoms with E-state index in [0.717, 1.165) is 29.7 Å². The number of halogens is 1. The minimum atomic E-state index is 0.341. The van der Waals surface area contributed by atoms with Gasteiger partial charge >= 0.3 is 0 Å². The van der Waals surface area contributed by atoms with Crippen molar-refractivity contribution in [2.24, 2.45) is 5.92 Å². The van der Waals surface area contributed by atoms with E-state index < -0.39 is 0 Å². The molecule has 1 aromatic heterocycles. The Balaban J connectivity index is 2.32. The van der Waals surface area contributed by atoms with Crippen LogP contribution in [-0.2, 0) is 5.88 Å². The second-order valence-corrected chi connectivity index (χ2v) is 6.30. The zero-order valence-electron chi connectivity index (χ0n) is 12.4. The molecule has 2 heterocycles. The van der Waals surface area contributed by atoms with Gasteiger partial charge in [0.2, 0.25) is 0 Å². The van der Waals surface area contributed by atoms with Crippen LogP contribution in [0.5, 0.6) is 0 Å². The molecule has 0 aliphatic carbocycles. The van der Waals surface area contributed by atoms with Gasteiger partial charge in [0.1, 0.15) is 5.82 Å². The lowest BCUT2D eigenvalue weighted by molar-refractivity contribution is 0.389. The van der Waals surface area contributed by atoms with Crippen molar-refractivity contribution in [2.45, 2.75) is 58.4 Å². The molecule has 1 aromatic rings. The zero-order chi connectivity index (χ0) is 14.0. The highest BCUT2D eigenvalue weighted by atomic mass is 35.5. The number of hydrogen-bond donors (Lipinski definition) is 0. The number of aromatic nitrogens is 2. The number of alkyl halides is 1. The van der Waals surface area contributed by atoms with E-state index in [4.69, 9.17) is 11.6 Å². The van der Waals surface area contributed by atoms with Crippen molar-refractivity contribution in [2.75, 3.05) is 11.4 Å². The topological polar surface area (TPSA) is 29.0 Å². The average molecular weight is 282 g/mol. The Morgan fingerprint density at radius 1 is 1.37 bits per heavy atom. The number of nitrogens with zero attached hydrogens (tertiary/aromatic N) is 3. The second kappa shape index (κ2) is 6.08. The summed E-state index contributed by atoms with van der Waals surface area (Å²) < 4.78 is 0. The van der Waals surface area contributed by atoms with Gasteiger partial charge < -0.3 is 4.90 Å². The fraction of sp³-hybridized carbons (Fsp3) is 0.733. The van der Waals surface area contributed by atoms with Crippen LogP contribution in [0.3, 0.4) is 0 Å². The van der Waals surface area contributed by atoms with Crippen LogP contribution in [0.15, 0.2) is 6.20 Å². The fourth-order valence-electron chi connectivity index (χ4n) is 2.67. The first-order valence-electron chi connectivity index (χ1n) is 7.21. The molecule has 2 atom stereocenters. The van der Waals surface area contributed by atoms with Gasteiger partial charge in [0.25, 0.3) is 0 Å². The first kappa shape index (κ1) is 14.6. The lowest BCUT2D eigenvalue weighted by Crippen LogP contribution is -2.41. The number of rotatable bonds is 3. The van der Waals surface area contributed by atoms with Gasteiger partial charge in [-0.25, -0.2) is 9.97 Å². The van der Waals surface area contributed by atoms with E-state index in [9.17, 15) is 0 Å². The molecule has 3 nitrogen and oxygen atoms in total. The maximum atomic E-state index is 6.10. The molecule has 1 fully saturated rings. The van der Waals surface area contributed by atoms with Gasteiger partial charge in [0, 0.05) is 18.5 Å². The van der Waals surface area contributed by atoms with E-state index in [1.54, 1.807) is 0 Å². The van der Waals surface area contributed by atoms with Crippen molar-refractivity contribution in [3.63, 3.8) is 0 Å². The smallest absolute Gasteiger partial charge is 0.131 e. The first-order valence-corrected chi connectivity index (χ1v) is 7.74. The third kappa shape index (κ3) is 3.19. The third-order valence-electron chi connectivity index (χ3n) is 3.93. The first-order chi connectivity index (χ1) is 9.02. The molecule has 2 rings (SSSR count). The third-order valence-corrected chi connectivity index (χ3v) is 4.19. The molecule has 0 spiro atoms. The summed E-state index contributed by atoms with van der Waals surface area (Å²) in [5.74, 6) is 2.41. The molecule has 0 radical (unpaired) electrons. The molecule has 0 saturated carbocycles. The highest BCUT2D eigenvalue weighted by molar-refractivity contribution is 6.17. The molecule has 0 aromatic carbocycles. The molecule has 2 unspecified atom stereocenters. The summed E-state index contributed by atoms with van der Waals surface area (Å²) >= 11 is 6.10. The summed E-state index contributed by atoms with van der Waals surface area (Å²) in [7, 11) is 0. The van der Waals surface area contributed by atoms with Gasteiger partial charge in [-0.1, -0.05) is 20.8 Å². The van der Waals surface area contributed by atoms with Crippen molar-refractivity contribution < 1.29 is 0 Å². The quantitative estimate of drug-likeness (QED) is 0.785. The van der Waals surface area contributed by atoms with Crippen molar-refractivity contribution in [1.29, 1.82) is 0 Å². The molecule has 1 aliphatic rings. The molecule has 0 amide bonds. The van der Waals surface area contributed by atoms with Crippen molar-refractivity contribution >= 4 is 17.3 Å². The fourth-order valence-corrected chi connectivity index (χ4v) is 2.86. The predicted molar refractivity (Wildman–Crippen MR) is 80.9 cm³/mol. The molecule has 19 heavy (non-hydrogen) atoms. The Kier molecular flexibility index (Phi) is 4.67. The van der Waals surface area contributed by atoms with Crippen LogP contribution < -0.4 is 4.90 Å². The van der Waals surface area contributed by atoms with Gasteiger partial charge in [-0.3, -0.25) is 0 Å². The van der Waals surface area contributed by atoms with Crippen LogP contribution in [0.2, 0.25) is 0 Å². The van der Waals surface area contributed by atoms with Gasteiger partial charge in [-0.2, -0.15) is 0 Å². The molecule has 0 N–H and O–H groups in total. The summed E-state index contributed by atoms with van der Waals surface area (Å²) in [5, 5.41) is 0. The summed E-state index contributed by atoms with van der Waals surface area (Å²) in [4.78, 5) is 11.6. The maximum absolute atomic E-state index is 6.10. The molecule has 1 aliphatic heterocycles. The van der Waals surface area contributed by atoms with E-state index >= 15 is 0 Å². The largest absolute Gasteiger partial charge is 0.366 e. The Morgan fingerprint density at radius 3 is 2.74 bits per heavy atom. The minimum Gasteiger partial charge on any atom is -0.366 e. The lowest BCUT2D eigenvalue weighted by atomic mass is 9.94. The van der Waals surface area contributed by atoms with Gasteiger partial charge in [-0.15, -0.1) is 11.6 Å². The molecular weight excluding hydrogens is 258 g/mol. The second-order valence-electron chi connectivity index (χ2n) is 6.03. The Bertz CT molecular complexity index is 433. The minimum absolute atomic E-state index is 0.341. The molecule has 106 valence electrons. The summed E-state index contributed by atoms with van der Waals surface area (Å²) in [6.45, 7) is 9.88.